The van der Waals surface area contributed by atoms with Gasteiger partial charge in [0.2, 0.25) is 0 Å². The van der Waals surface area contributed by atoms with Gasteiger partial charge >= 0.3 is 6.09 Å². The highest BCUT2D eigenvalue weighted by Gasteiger charge is 2.26. The molecular weight excluding hydrogens is 364 g/mol. The van der Waals surface area contributed by atoms with E-state index >= 15 is 0 Å². The molecule has 29 heavy (non-hydrogen) atoms. The van der Waals surface area contributed by atoms with Crippen molar-refractivity contribution in [1.29, 1.82) is 0 Å². The fraction of sp³-hybridized carbons (Fsp3) is 0.208. The van der Waals surface area contributed by atoms with Crippen molar-refractivity contribution in [1.82, 2.24) is 4.98 Å². The van der Waals surface area contributed by atoms with E-state index in [2.05, 4.69) is 4.98 Å². The van der Waals surface area contributed by atoms with Crippen LogP contribution in [-0.2, 0) is 11.3 Å². The van der Waals surface area contributed by atoms with Crippen LogP contribution in [0.1, 0.15) is 36.8 Å². The number of nitrogens with zero attached hydrogens (tertiary/aromatic N) is 2. The van der Waals surface area contributed by atoms with Crippen LogP contribution in [0.15, 0.2) is 72.8 Å². The number of benzene rings is 2. The molecule has 0 bridgehead atoms. The average Bonchev–Trinajstić information content (AvgIpc) is 2.71. The molecule has 0 aliphatic heterocycles. The molecule has 0 radical (unpaired) electrons. The van der Waals surface area contributed by atoms with Crippen molar-refractivity contribution in [2.75, 3.05) is 4.90 Å². The number of carbonyl (C=O) groups is 2. The Kier molecular flexibility index (Phi) is 6.07. The Balaban J connectivity index is 2.07. The summed E-state index contributed by atoms with van der Waals surface area (Å²) in [5.41, 5.74) is 2.72. The third kappa shape index (κ3) is 5.29. The predicted octanol–water partition coefficient (Wildman–Crippen LogP) is 5.50. The average molecular weight is 388 g/mol. The normalized spacial score (nSPS) is 11.0. The molecule has 1 aromatic heterocycles. The van der Waals surface area contributed by atoms with Crippen LogP contribution in [0.3, 0.4) is 0 Å². The molecule has 3 aromatic rings. The number of amides is 1. The number of aldehydes is 1. The monoisotopic (exact) mass is 388 g/mol. The first-order valence-electron chi connectivity index (χ1n) is 9.43. The van der Waals surface area contributed by atoms with Gasteiger partial charge in [0.25, 0.3) is 0 Å². The number of para-hydroxylation sites is 1. The Bertz CT molecular complexity index is 994. The highest BCUT2D eigenvalue weighted by Crippen LogP contribution is 2.32. The maximum absolute atomic E-state index is 13.1. The van der Waals surface area contributed by atoms with E-state index in [1.807, 2.05) is 81.4 Å². The molecule has 0 N–H and O–H groups in total. The smallest absolute Gasteiger partial charge is 0.415 e. The Labute approximate surface area is 171 Å². The van der Waals surface area contributed by atoms with Gasteiger partial charge in [-0.15, -0.1) is 0 Å². The maximum Gasteiger partial charge on any atom is 0.415 e. The molecule has 0 aliphatic rings. The summed E-state index contributed by atoms with van der Waals surface area (Å²) in [4.78, 5) is 30.3. The molecule has 0 saturated heterocycles. The molecule has 0 atom stereocenters. The Hall–Kier alpha value is -3.47. The van der Waals surface area contributed by atoms with Crippen LogP contribution >= 0.6 is 0 Å². The van der Waals surface area contributed by atoms with E-state index in [4.69, 9.17) is 4.74 Å². The van der Waals surface area contributed by atoms with Gasteiger partial charge in [-0.3, -0.25) is 9.69 Å². The number of aromatic nitrogens is 1. The number of carbonyl (C=O) groups excluding carboxylic acids is 2. The Morgan fingerprint density at radius 1 is 0.966 bits per heavy atom. The molecule has 148 valence electrons. The summed E-state index contributed by atoms with van der Waals surface area (Å²) >= 11 is 0. The third-order valence-electron chi connectivity index (χ3n) is 4.16. The zero-order chi connectivity index (χ0) is 20.9. The van der Waals surface area contributed by atoms with E-state index in [9.17, 15) is 9.59 Å². The number of rotatable bonds is 5. The Morgan fingerprint density at radius 3 is 2.34 bits per heavy atom. The van der Waals surface area contributed by atoms with Crippen molar-refractivity contribution in [2.45, 2.75) is 32.9 Å². The van der Waals surface area contributed by atoms with E-state index < -0.39 is 11.7 Å². The Morgan fingerprint density at radius 2 is 1.66 bits per heavy atom. The van der Waals surface area contributed by atoms with E-state index in [1.165, 1.54) is 0 Å². The summed E-state index contributed by atoms with van der Waals surface area (Å²) in [6.07, 6.45) is 0.266. The zero-order valence-corrected chi connectivity index (χ0v) is 16.8. The van der Waals surface area contributed by atoms with Gasteiger partial charge in [0.1, 0.15) is 11.3 Å². The van der Waals surface area contributed by atoms with Crippen molar-refractivity contribution in [3.63, 3.8) is 0 Å². The SMILES string of the molecule is CC(C)(C)OC(=O)N(Cc1ccccc1)c1ccccc1-c1cccc(C=O)n1. The summed E-state index contributed by atoms with van der Waals surface area (Å²) < 4.78 is 5.67. The highest BCUT2D eigenvalue weighted by molar-refractivity contribution is 5.93. The number of hydrogen-bond acceptors (Lipinski definition) is 4. The second-order valence-electron chi connectivity index (χ2n) is 7.63. The van der Waals surface area contributed by atoms with E-state index in [0.717, 1.165) is 11.1 Å². The molecule has 0 saturated carbocycles. The third-order valence-corrected chi connectivity index (χ3v) is 4.16. The summed E-state index contributed by atoms with van der Waals surface area (Å²) in [5, 5.41) is 0. The van der Waals surface area contributed by atoms with Crippen LogP contribution in [-0.4, -0.2) is 23.0 Å². The molecule has 5 nitrogen and oxygen atoms in total. The van der Waals surface area contributed by atoms with Crippen molar-refractivity contribution < 1.29 is 14.3 Å². The number of pyridine rings is 1. The van der Waals surface area contributed by atoms with E-state index in [1.54, 1.807) is 17.0 Å². The van der Waals surface area contributed by atoms with Gasteiger partial charge in [0, 0.05) is 5.56 Å². The molecule has 0 spiro atoms. The summed E-state index contributed by atoms with van der Waals surface area (Å²) in [7, 11) is 0. The minimum atomic E-state index is -0.628. The lowest BCUT2D eigenvalue weighted by Gasteiger charge is -2.29. The van der Waals surface area contributed by atoms with Gasteiger partial charge in [-0.25, -0.2) is 9.78 Å². The van der Waals surface area contributed by atoms with E-state index in [-0.39, 0.29) is 0 Å². The van der Waals surface area contributed by atoms with Crippen LogP contribution in [0.4, 0.5) is 10.5 Å². The fourth-order valence-electron chi connectivity index (χ4n) is 2.92. The molecule has 1 heterocycles. The molecular formula is C24H24N2O3. The standard InChI is InChI=1S/C24H24N2O3/c1-24(2,3)29-23(28)26(16-18-10-5-4-6-11-18)22-15-8-7-13-20(22)21-14-9-12-19(17-27)25-21/h4-15,17H,16H2,1-3H3. The van der Waals surface area contributed by atoms with Crippen molar-refractivity contribution in [3.05, 3.63) is 84.1 Å². The highest BCUT2D eigenvalue weighted by atomic mass is 16.6. The van der Waals surface area contributed by atoms with Crippen LogP contribution in [0.25, 0.3) is 11.3 Å². The molecule has 0 aliphatic carbocycles. The van der Waals surface area contributed by atoms with Crippen molar-refractivity contribution in [3.8, 4) is 11.3 Å². The minimum absolute atomic E-state index is 0.337. The van der Waals surface area contributed by atoms with Gasteiger partial charge in [0.15, 0.2) is 6.29 Å². The van der Waals surface area contributed by atoms with Crippen molar-refractivity contribution in [2.24, 2.45) is 0 Å². The van der Waals surface area contributed by atoms with Crippen LogP contribution in [0.5, 0.6) is 0 Å². The lowest BCUT2D eigenvalue weighted by Crippen LogP contribution is -2.36. The molecule has 1 amide bonds. The molecule has 0 unspecified atom stereocenters. The summed E-state index contributed by atoms with van der Waals surface area (Å²) in [6, 6.07) is 22.5. The minimum Gasteiger partial charge on any atom is -0.443 e. The van der Waals surface area contributed by atoms with Crippen LogP contribution in [0, 0.1) is 0 Å². The second-order valence-corrected chi connectivity index (χ2v) is 7.63. The lowest BCUT2D eigenvalue weighted by atomic mass is 10.1. The van der Waals surface area contributed by atoms with Gasteiger partial charge < -0.3 is 4.74 Å². The van der Waals surface area contributed by atoms with Crippen LogP contribution < -0.4 is 4.90 Å². The summed E-state index contributed by atoms with van der Waals surface area (Å²) in [5.74, 6) is 0. The number of hydrogen-bond donors (Lipinski definition) is 0. The predicted molar refractivity (Wildman–Crippen MR) is 114 cm³/mol. The van der Waals surface area contributed by atoms with Gasteiger partial charge in [-0.1, -0.05) is 54.6 Å². The fourth-order valence-corrected chi connectivity index (χ4v) is 2.92. The largest absolute Gasteiger partial charge is 0.443 e. The lowest BCUT2D eigenvalue weighted by molar-refractivity contribution is 0.0577. The second kappa shape index (κ2) is 8.69. The number of anilines is 1. The maximum atomic E-state index is 13.1. The molecule has 2 aromatic carbocycles. The van der Waals surface area contributed by atoms with Gasteiger partial charge in [-0.05, 0) is 44.5 Å². The topological polar surface area (TPSA) is 59.5 Å². The molecule has 0 fully saturated rings. The van der Waals surface area contributed by atoms with Crippen LogP contribution in [0.2, 0.25) is 0 Å². The van der Waals surface area contributed by atoms with Crippen molar-refractivity contribution >= 4 is 18.1 Å². The quantitative estimate of drug-likeness (QED) is 0.541. The molecule has 3 rings (SSSR count). The number of ether oxygens (including phenoxy) is 1. The first kappa shape index (κ1) is 20.3. The summed E-state index contributed by atoms with van der Waals surface area (Å²) in [6.45, 7) is 5.87. The van der Waals surface area contributed by atoms with Gasteiger partial charge in [0.05, 0.1) is 17.9 Å². The zero-order valence-electron chi connectivity index (χ0n) is 16.8. The first-order chi connectivity index (χ1) is 13.9. The molecule has 5 heteroatoms. The van der Waals surface area contributed by atoms with Gasteiger partial charge in [-0.2, -0.15) is 0 Å². The van der Waals surface area contributed by atoms with E-state index in [0.29, 0.717) is 29.9 Å². The first-order valence-corrected chi connectivity index (χ1v) is 9.43.